The van der Waals surface area contributed by atoms with Gasteiger partial charge in [0.15, 0.2) is 0 Å². The first-order chi connectivity index (χ1) is 9.24. The zero-order chi connectivity index (χ0) is 13.7. The van der Waals surface area contributed by atoms with E-state index in [1.165, 1.54) is 0 Å². The molecule has 0 saturated heterocycles. The maximum Gasteiger partial charge on any atom is 0.226 e. The van der Waals surface area contributed by atoms with Gasteiger partial charge >= 0.3 is 0 Å². The van der Waals surface area contributed by atoms with Crippen LogP contribution in [0.3, 0.4) is 0 Å². The molecule has 1 heterocycles. The van der Waals surface area contributed by atoms with Crippen molar-refractivity contribution >= 4 is 0 Å². The summed E-state index contributed by atoms with van der Waals surface area (Å²) >= 11 is 0. The molecule has 5 nitrogen and oxygen atoms in total. The average Bonchev–Trinajstić information content (AvgIpc) is 2.88. The molecule has 2 aromatic rings. The van der Waals surface area contributed by atoms with Gasteiger partial charge in [-0.25, -0.2) is 0 Å². The molecule has 0 bridgehead atoms. The van der Waals surface area contributed by atoms with Crippen LogP contribution in [-0.2, 0) is 6.42 Å². The van der Waals surface area contributed by atoms with Crippen LogP contribution in [0, 0.1) is 6.92 Å². The zero-order valence-electron chi connectivity index (χ0n) is 11.2. The van der Waals surface area contributed by atoms with Gasteiger partial charge in [-0.1, -0.05) is 5.16 Å². The van der Waals surface area contributed by atoms with Crippen LogP contribution < -0.4 is 4.74 Å². The molecule has 0 atom stereocenters. The molecule has 2 rings (SSSR count). The van der Waals surface area contributed by atoms with Gasteiger partial charge in [0, 0.05) is 18.6 Å². The zero-order valence-corrected chi connectivity index (χ0v) is 11.2. The highest BCUT2D eigenvalue weighted by molar-refractivity contribution is 5.58. The Morgan fingerprint density at radius 2 is 2.16 bits per heavy atom. The number of hydrogen-bond donors (Lipinski definition) is 1. The van der Waals surface area contributed by atoms with Crippen LogP contribution >= 0.6 is 0 Å². The predicted octanol–water partition coefficient (Wildman–Crippen LogP) is 2.37. The Morgan fingerprint density at radius 1 is 1.32 bits per heavy atom. The van der Waals surface area contributed by atoms with E-state index >= 15 is 0 Å². The second kappa shape index (κ2) is 6.33. The van der Waals surface area contributed by atoms with Crippen molar-refractivity contribution in [2.75, 3.05) is 13.7 Å². The number of unbranched alkanes of at least 4 members (excludes halogenated alkanes) is 1. The Labute approximate surface area is 112 Å². The molecule has 0 saturated carbocycles. The number of rotatable bonds is 6. The molecule has 19 heavy (non-hydrogen) atoms. The lowest BCUT2D eigenvalue weighted by Gasteiger charge is -2.04. The molecule has 0 spiro atoms. The normalized spacial score (nSPS) is 10.7. The van der Waals surface area contributed by atoms with E-state index in [1.54, 1.807) is 7.11 Å². The van der Waals surface area contributed by atoms with Crippen LogP contribution in [0.15, 0.2) is 22.7 Å². The van der Waals surface area contributed by atoms with Gasteiger partial charge in [-0.2, -0.15) is 4.98 Å². The Kier molecular flexibility index (Phi) is 4.52. The maximum atomic E-state index is 8.73. The third-order valence-corrected chi connectivity index (χ3v) is 2.92. The molecule has 0 amide bonds. The van der Waals surface area contributed by atoms with E-state index in [0.717, 1.165) is 29.7 Å². The number of benzene rings is 1. The van der Waals surface area contributed by atoms with E-state index in [4.69, 9.17) is 14.4 Å². The molecule has 102 valence electrons. The minimum Gasteiger partial charge on any atom is -0.496 e. The number of nitrogens with zero attached hydrogens (tertiary/aromatic N) is 2. The number of aliphatic hydroxyl groups is 1. The summed E-state index contributed by atoms with van der Waals surface area (Å²) in [6, 6.07) is 5.78. The Balaban J connectivity index is 2.11. The van der Waals surface area contributed by atoms with Crippen molar-refractivity contribution in [1.82, 2.24) is 10.1 Å². The van der Waals surface area contributed by atoms with Crippen LogP contribution in [0.2, 0.25) is 0 Å². The fourth-order valence-corrected chi connectivity index (χ4v) is 1.88. The predicted molar refractivity (Wildman–Crippen MR) is 71.0 cm³/mol. The minimum atomic E-state index is 0.193. The van der Waals surface area contributed by atoms with Gasteiger partial charge in [-0.05, 0) is 43.5 Å². The van der Waals surface area contributed by atoms with Gasteiger partial charge in [0.25, 0.3) is 0 Å². The summed E-state index contributed by atoms with van der Waals surface area (Å²) in [5, 5.41) is 12.7. The van der Waals surface area contributed by atoms with Crippen molar-refractivity contribution in [3.63, 3.8) is 0 Å². The van der Waals surface area contributed by atoms with E-state index in [2.05, 4.69) is 10.1 Å². The fraction of sp³-hybridized carbons (Fsp3) is 0.429. The summed E-state index contributed by atoms with van der Waals surface area (Å²) in [6.45, 7) is 2.17. The summed E-state index contributed by atoms with van der Waals surface area (Å²) in [6.07, 6.45) is 2.29. The Bertz CT molecular complexity index is 537. The number of aromatic nitrogens is 2. The molecule has 0 aliphatic rings. The summed E-state index contributed by atoms with van der Waals surface area (Å²) in [4.78, 5) is 4.35. The summed E-state index contributed by atoms with van der Waals surface area (Å²) < 4.78 is 10.4. The van der Waals surface area contributed by atoms with E-state index in [0.29, 0.717) is 18.1 Å². The molecule has 1 aromatic heterocycles. The molecule has 0 aliphatic carbocycles. The van der Waals surface area contributed by atoms with Gasteiger partial charge in [0.1, 0.15) is 5.75 Å². The third kappa shape index (κ3) is 3.32. The average molecular weight is 262 g/mol. The molecule has 0 unspecified atom stereocenters. The third-order valence-electron chi connectivity index (χ3n) is 2.92. The number of aliphatic hydroxyl groups excluding tert-OH is 1. The van der Waals surface area contributed by atoms with Crippen LogP contribution in [0.4, 0.5) is 0 Å². The fourth-order valence-electron chi connectivity index (χ4n) is 1.88. The van der Waals surface area contributed by atoms with Crippen LogP contribution in [0.1, 0.15) is 24.3 Å². The lowest BCUT2D eigenvalue weighted by molar-refractivity contribution is 0.281. The first kappa shape index (κ1) is 13.5. The highest BCUT2D eigenvalue weighted by Crippen LogP contribution is 2.24. The second-order valence-corrected chi connectivity index (χ2v) is 4.38. The van der Waals surface area contributed by atoms with Gasteiger partial charge in [0.05, 0.1) is 7.11 Å². The van der Waals surface area contributed by atoms with E-state index in [-0.39, 0.29) is 6.61 Å². The van der Waals surface area contributed by atoms with Crippen molar-refractivity contribution in [3.8, 4) is 17.1 Å². The molecule has 1 N–H and O–H groups in total. The van der Waals surface area contributed by atoms with Crippen molar-refractivity contribution in [2.45, 2.75) is 26.2 Å². The number of aryl methyl sites for hydroxylation is 2. The lowest BCUT2D eigenvalue weighted by atomic mass is 10.1. The molecule has 0 fully saturated rings. The maximum absolute atomic E-state index is 8.73. The van der Waals surface area contributed by atoms with Gasteiger partial charge < -0.3 is 14.4 Å². The molecule has 0 aliphatic heterocycles. The molecule has 5 heteroatoms. The van der Waals surface area contributed by atoms with Crippen molar-refractivity contribution < 1.29 is 14.4 Å². The smallest absolute Gasteiger partial charge is 0.226 e. The van der Waals surface area contributed by atoms with Crippen molar-refractivity contribution in [1.29, 1.82) is 0 Å². The van der Waals surface area contributed by atoms with Gasteiger partial charge in [-0.15, -0.1) is 0 Å². The SMILES string of the molecule is COc1ccc(-c2noc(CCCCO)n2)cc1C. The first-order valence-corrected chi connectivity index (χ1v) is 6.33. The molecular formula is C14H18N2O3. The Hall–Kier alpha value is -1.88. The molecule has 0 radical (unpaired) electrons. The lowest BCUT2D eigenvalue weighted by Crippen LogP contribution is -1.90. The van der Waals surface area contributed by atoms with E-state index < -0.39 is 0 Å². The van der Waals surface area contributed by atoms with Crippen LogP contribution in [-0.4, -0.2) is 29.0 Å². The van der Waals surface area contributed by atoms with Crippen LogP contribution in [0.5, 0.6) is 5.75 Å². The number of methoxy groups -OCH3 is 1. The summed E-state index contributed by atoms with van der Waals surface area (Å²) in [5.74, 6) is 2.04. The quantitative estimate of drug-likeness (QED) is 0.809. The van der Waals surface area contributed by atoms with E-state index in [1.807, 2.05) is 25.1 Å². The summed E-state index contributed by atoms with van der Waals surface area (Å²) in [7, 11) is 1.65. The van der Waals surface area contributed by atoms with Crippen LogP contribution in [0.25, 0.3) is 11.4 Å². The second-order valence-electron chi connectivity index (χ2n) is 4.38. The van der Waals surface area contributed by atoms with Crippen molar-refractivity contribution in [3.05, 3.63) is 29.7 Å². The topological polar surface area (TPSA) is 68.4 Å². The standard InChI is InChI=1S/C14H18N2O3/c1-10-9-11(6-7-12(10)18-2)14-15-13(19-16-14)5-3-4-8-17/h6-7,9,17H,3-5,8H2,1-2H3. The number of ether oxygens (including phenoxy) is 1. The molecule has 1 aromatic carbocycles. The Morgan fingerprint density at radius 3 is 2.84 bits per heavy atom. The summed E-state index contributed by atoms with van der Waals surface area (Å²) in [5.41, 5.74) is 1.95. The van der Waals surface area contributed by atoms with Gasteiger partial charge in [0.2, 0.25) is 11.7 Å². The number of hydrogen-bond acceptors (Lipinski definition) is 5. The first-order valence-electron chi connectivity index (χ1n) is 6.33. The van der Waals surface area contributed by atoms with E-state index in [9.17, 15) is 0 Å². The molecular weight excluding hydrogens is 244 g/mol. The monoisotopic (exact) mass is 262 g/mol. The minimum absolute atomic E-state index is 0.193. The van der Waals surface area contributed by atoms with Gasteiger partial charge in [-0.3, -0.25) is 0 Å². The van der Waals surface area contributed by atoms with Crippen molar-refractivity contribution in [2.24, 2.45) is 0 Å². The highest BCUT2D eigenvalue weighted by Gasteiger charge is 2.09. The largest absolute Gasteiger partial charge is 0.496 e. The highest BCUT2D eigenvalue weighted by atomic mass is 16.5.